The van der Waals surface area contributed by atoms with E-state index in [4.69, 9.17) is 0 Å². The maximum atomic E-state index is 10.6. The van der Waals surface area contributed by atoms with E-state index in [1.54, 1.807) is 0 Å². The molecule has 0 radical (unpaired) electrons. The van der Waals surface area contributed by atoms with Crippen LogP contribution in [-0.4, -0.2) is 83.9 Å². The molecule has 2 N–H and O–H groups in total. The first-order valence-corrected chi connectivity index (χ1v) is 15.5. The van der Waals surface area contributed by atoms with Crippen LogP contribution in [0.2, 0.25) is 0 Å². The SMILES string of the molecule is CCCCN(Cc1ccccc1)CC(O)CN=Cc1ccc(C=NCC(O)CN(CCCC)Cc2ccccc2)cc1. The van der Waals surface area contributed by atoms with Crippen LogP contribution in [0.25, 0.3) is 0 Å². The summed E-state index contributed by atoms with van der Waals surface area (Å²) >= 11 is 0. The summed E-state index contributed by atoms with van der Waals surface area (Å²) in [6, 6.07) is 28.9. The third kappa shape index (κ3) is 13.7. The second-order valence-corrected chi connectivity index (χ2v) is 11.1. The fourth-order valence-corrected chi connectivity index (χ4v) is 4.86. The average molecular weight is 571 g/mol. The summed E-state index contributed by atoms with van der Waals surface area (Å²) in [6.07, 6.45) is 7.11. The fourth-order valence-electron chi connectivity index (χ4n) is 4.86. The molecule has 3 rings (SSSR count). The van der Waals surface area contributed by atoms with Crippen molar-refractivity contribution in [3.8, 4) is 0 Å². The number of hydrogen-bond acceptors (Lipinski definition) is 6. The van der Waals surface area contributed by atoms with Gasteiger partial charge in [-0.25, -0.2) is 0 Å². The Hall–Kier alpha value is -3.16. The summed E-state index contributed by atoms with van der Waals surface area (Å²) in [5, 5.41) is 21.3. The molecule has 0 heterocycles. The van der Waals surface area contributed by atoms with Gasteiger partial charge in [0.1, 0.15) is 0 Å². The van der Waals surface area contributed by atoms with Gasteiger partial charge in [0.25, 0.3) is 0 Å². The molecule has 0 aliphatic carbocycles. The lowest BCUT2D eigenvalue weighted by Gasteiger charge is -2.24. The van der Waals surface area contributed by atoms with Crippen molar-refractivity contribution in [2.75, 3.05) is 39.3 Å². The number of nitrogens with zero attached hydrogens (tertiary/aromatic N) is 4. The van der Waals surface area contributed by atoms with E-state index in [1.807, 2.05) is 48.8 Å². The molecule has 0 spiro atoms. The molecule has 6 nitrogen and oxygen atoms in total. The molecule has 0 saturated carbocycles. The second kappa shape index (κ2) is 19.9. The minimum absolute atomic E-state index is 0.373. The van der Waals surface area contributed by atoms with Gasteiger partial charge in [-0.05, 0) is 48.2 Å². The Balaban J connectivity index is 1.42. The predicted octanol–water partition coefficient (Wildman–Crippen LogP) is 5.85. The van der Waals surface area contributed by atoms with Crippen LogP contribution < -0.4 is 0 Å². The summed E-state index contributed by atoms with van der Waals surface area (Å²) < 4.78 is 0. The van der Waals surface area contributed by atoms with Crippen molar-refractivity contribution in [1.29, 1.82) is 0 Å². The number of aliphatic imine (C=N–C) groups is 2. The van der Waals surface area contributed by atoms with Gasteiger partial charge < -0.3 is 10.2 Å². The minimum Gasteiger partial charge on any atom is -0.390 e. The molecular formula is C36H50N4O2. The lowest BCUT2D eigenvalue weighted by atomic mass is 10.1. The Morgan fingerprint density at radius 3 is 1.33 bits per heavy atom. The van der Waals surface area contributed by atoms with Crippen LogP contribution in [-0.2, 0) is 13.1 Å². The highest BCUT2D eigenvalue weighted by Crippen LogP contribution is 2.09. The van der Waals surface area contributed by atoms with Gasteiger partial charge in [-0.1, -0.05) is 112 Å². The molecule has 3 aromatic rings. The van der Waals surface area contributed by atoms with E-state index in [-0.39, 0.29) is 0 Å². The van der Waals surface area contributed by atoms with Gasteiger partial charge in [-0.2, -0.15) is 0 Å². The number of unbranched alkanes of at least 4 members (excludes halogenated alkanes) is 2. The molecule has 0 aliphatic heterocycles. The van der Waals surface area contributed by atoms with Crippen molar-refractivity contribution in [1.82, 2.24) is 9.80 Å². The maximum Gasteiger partial charge on any atom is 0.0862 e. The van der Waals surface area contributed by atoms with Crippen molar-refractivity contribution >= 4 is 12.4 Å². The molecule has 0 amide bonds. The average Bonchev–Trinajstić information content (AvgIpc) is 3.00. The van der Waals surface area contributed by atoms with Crippen molar-refractivity contribution in [2.24, 2.45) is 9.98 Å². The van der Waals surface area contributed by atoms with Crippen LogP contribution in [0.1, 0.15) is 61.8 Å². The number of aliphatic hydroxyl groups excluding tert-OH is 2. The molecule has 3 aromatic carbocycles. The molecule has 0 aromatic heterocycles. The molecule has 0 saturated heterocycles. The smallest absolute Gasteiger partial charge is 0.0862 e. The number of rotatable bonds is 20. The Bertz CT molecular complexity index is 1060. The lowest BCUT2D eigenvalue weighted by molar-refractivity contribution is 0.114. The first-order valence-electron chi connectivity index (χ1n) is 15.5. The number of benzene rings is 3. The van der Waals surface area contributed by atoms with E-state index in [9.17, 15) is 10.2 Å². The zero-order valence-corrected chi connectivity index (χ0v) is 25.6. The molecule has 42 heavy (non-hydrogen) atoms. The minimum atomic E-state index is -0.509. The first kappa shape index (κ1) is 33.3. The summed E-state index contributed by atoms with van der Waals surface area (Å²) in [7, 11) is 0. The van der Waals surface area contributed by atoms with Gasteiger partial charge in [-0.3, -0.25) is 19.8 Å². The quantitative estimate of drug-likeness (QED) is 0.167. The van der Waals surface area contributed by atoms with E-state index in [2.05, 4.69) is 82.2 Å². The van der Waals surface area contributed by atoms with Crippen LogP contribution in [0.4, 0.5) is 0 Å². The van der Waals surface area contributed by atoms with Crippen molar-refractivity contribution < 1.29 is 10.2 Å². The van der Waals surface area contributed by atoms with E-state index < -0.39 is 12.2 Å². The topological polar surface area (TPSA) is 71.7 Å². The van der Waals surface area contributed by atoms with E-state index in [0.717, 1.165) is 63.0 Å². The fraction of sp³-hybridized carbons (Fsp3) is 0.444. The van der Waals surface area contributed by atoms with E-state index in [1.165, 1.54) is 11.1 Å². The molecule has 0 fully saturated rings. The maximum absolute atomic E-state index is 10.6. The second-order valence-electron chi connectivity index (χ2n) is 11.1. The normalized spacial score (nSPS) is 13.5. The molecule has 2 atom stereocenters. The predicted molar refractivity (Wildman–Crippen MR) is 177 cm³/mol. The number of aliphatic hydroxyl groups is 2. The summed E-state index contributed by atoms with van der Waals surface area (Å²) in [4.78, 5) is 13.6. The molecule has 226 valence electrons. The molecular weight excluding hydrogens is 520 g/mol. The third-order valence-electron chi connectivity index (χ3n) is 7.14. The van der Waals surface area contributed by atoms with Gasteiger partial charge in [0.05, 0.1) is 25.3 Å². The van der Waals surface area contributed by atoms with Crippen LogP contribution >= 0.6 is 0 Å². The Kier molecular flexibility index (Phi) is 15.8. The zero-order valence-electron chi connectivity index (χ0n) is 25.6. The zero-order chi connectivity index (χ0) is 29.8. The van der Waals surface area contributed by atoms with Gasteiger partial charge >= 0.3 is 0 Å². The van der Waals surface area contributed by atoms with Crippen LogP contribution in [0.15, 0.2) is 94.9 Å². The van der Waals surface area contributed by atoms with Crippen molar-refractivity contribution in [3.63, 3.8) is 0 Å². The molecule has 0 aliphatic rings. The lowest BCUT2D eigenvalue weighted by Crippen LogP contribution is -2.34. The monoisotopic (exact) mass is 570 g/mol. The Labute approximate surface area is 253 Å². The molecule has 6 heteroatoms. The molecule has 0 bridgehead atoms. The summed E-state index contributed by atoms with van der Waals surface area (Å²) in [5.41, 5.74) is 4.50. The van der Waals surface area contributed by atoms with Crippen LogP contribution in [0, 0.1) is 0 Å². The van der Waals surface area contributed by atoms with Gasteiger partial charge in [0.15, 0.2) is 0 Å². The summed E-state index contributed by atoms with van der Waals surface area (Å²) in [6.45, 7) is 9.96. The van der Waals surface area contributed by atoms with Crippen molar-refractivity contribution in [2.45, 2.75) is 64.8 Å². The highest BCUT2D eigenvalue weighted by Gasteiger charge is 2.13. The van der Waals surface area contributed by atoms with E-state index in [0.29, 0.717) is 26.2 Å². The van der Waals surface area contributed by atoms with Crippen LogP contribution in [0.3, 0.4) is 0 Å². The van der Waals surface area contributed by atoms with E-state index >= 15 is 0 Å². The first-order chi connectivity index (χ1) is 20.6. The highest BCUT2D eigenvalue weighted by atomic mass is 16.3. The highest BCUT2D eigenvalue weighted by molar-refractivity contribution is 5.84. The Morgan fingerprint density at radius 1 is 0.595 bits per heavy atom. The van der Waals surface area contributed by atoms with Gasteiger partial charge in [0, 0.05) is 38.6 Å². The van der Waals surface area contributed by atoms with Crippen molar-refractivity contribution in [3.05, 3.63) is 107 Å². The summed E-state index contributed by atoms with van der Waals surface area (Å²) in [5.74, 6) is 0. The largest absolute Gasteiger partial charge is 0.390 e. The number of hydrogen-bond donors (Lipinski definition) is 2. The Morgan fingerprint density at radius 2 is 0.976 bits per heavy atom. The standard InChI is InChI=1S/C36H50N4O2/c1-3-5-21-39(27-33-13-9-7-10-14-33)29-35(41)25-37-23-31-17-19-32(20-18-31)24-38-26-36(42)30-40(22-6-4-2)28-34-15-11-8-12-16-34/h7-20,23-24,35-36,41-42H,3-6,21-22,25-30H2,1-2H3. The third-order valence-corrected chi connectivity index (χ3v) is 7.14. The van der Waals surface area contributed by atoms with Gasteiger partial charge in [-0.15, -0.1) is 0 Å². The van der Waals surface area contributed by atoms with Crippen LogP contribution in [0.5, 0.6) is 0 Å². The van der Waals surface area contributed by atoms with Gasteiger partial charge in [0.2, 0.25) is 0 Å². The molecule has 2 unspecified atom stereocenters.